The lowest BCUT2D eigenvalue weighted by molar-refractivity contribution is -0.133. The smallest absolute Gasteiger partial charge is 0.316 e. The second-order valence-electron chi connectivity index (χ2n) is 5.93. The Balaban J connectivity index is 1.56. The van der Waals surface area contributed by atoms with Crippen LogP contribution in [0.3, 0.4) is 0 Å². The molecule has 2 aromatic rings. The van der Waals surface area contributed by atoms with Gasteiger partial charge in [0.1, 0.15) is 11.9 Å². The van der Waals surface area contributed by atoms with Crippen LogP contribution in [0.15, 0.2) is 41.1 Å². The fraction of sp³-hybridized carbons (Fsp3) is 0.389. The highest BCUT2D eigenvalue weighted by Gasteiger charge is 2.25. The number of hydrogen-bond donors (Lipinski definition) is 0. The van der Waals surface area contributed by atoms with Crippen molar-refractivity contribution in [2.75, 3.05) is 20.2 Å². The molecule has 1 atom stereocenters. The molecule has 1 saturated heterocycles. The Hall–Kier alpha value is -2.15. The van der Waals surface area contributed by atoms with E-state index in [1.165, 1.54) is 0 Å². The van der Waals surface area contributed by atoms with Crippen molar-refractivity contribution in [1.82, 2.24) is 14.9 Å². The molecule has 1 aliphatic heterocycles. The minimum atomic E-state index is -0.0743. The molecule has 0 bridgehead atoms. The summed E-state index contributed by atoms with van der Waals surface area (Å²) in [6, 6.07) is 7.93. The first-order valence-corrected chi connectivity index (χ1v) is 8.98. The van der Waals surface area contributed by atoms with Crippen molar-refractivity contribution in [1.29, 1.82) is 0 Å². The van der Waals surface area contributed by atoms with Gasteiger partial charge in [0, 0.05) is 18.9 Å². The number of aromatic nitrogens is 2. The van der Waals surface area contributed by atoms with E-state index in [-0.39, 0.29) is 12.0 Å². The number of carbonyl (C=O) groups excluding carboxylic acids is 1. The molecule has 0 saturated carbocycles. The first-order chi connectivity index (χ1) is 12.1. The van der Waals surface area contributed by atoms with Crippen molar-refractivity contribution in [2.24, 2.45) is 0 Å². The first kappa shape index (κ1) is 17.7. The van der Waals surface area contributed by atoms with Crippen LogP contribution in [0.2, 0.25) is 0 Å². The molecule has 132 valence electrons. The number of piperidine rings is 1. The largest absolute Gasteiger partial charge is 0.497 e. The van der Waals surface area contributed by atoms with E-state index < -0.39 is 0 Å². The van der Waals surface area contributed by atoms with Crippen LogP contribution in [0.1, 0.15) is 18.4 Å². The van der Waals surface area contributed by atoms with Gasteiger partial charge in [-0.1, -0.05) is 12.1 Å². The zero-order valence-electron chi connectivity index (χ0n) is 14.0. The van der Waals surface area contributed by atoms with Crippen LogP contribution in [-0.4, -0.2) is 47.1 Å². The molecule has 0 radical (unpaired) electrons. The van der Waals surface area contributed by atoms with Gasteiger partial charge in [0.2, 0.25) is 5.91 Å². The Morgan fingerprint density at radius 2 is 2.00 bits per heavy atom. The van der Waals surface area contributed by atoms with Crippen LogP contribution in [-0.2, 0) is 11.2 Å². The molecule has 1 unspecified atom stereocenters. The molecule has 0 aliphatic carbocycles. The second kappa shape index (κ2) is 8.29. The first-order valence-electron chi connectivity index (χ1n) is 8.19. The lowest BCUT2D eigenvalue weighted by Gasteiger charge is -2.32. The summed E-state index contributed by atoms with van der Waals surface area (Å²) in [5.41, 5.74) is 0.977. The van der Waals surface area contributed by atoms with E-state index in [9.17, 15) is 4.79 Å². The fourth-order valence-corrected chi connectivity index (χ4v) is 3.01. The van der Waals surface area contributed by atoms with Gasteiger partial charge in [0.25, 0.3) is 0 Å². The predicted molar refractivity (Wildman–Crippen MR) is 96.7 cm³/mol. The van der Waals surface area contributed by atoms with E-state index in [0.29, 0.717) is 19.0 Å². The number of carbonyl (C=O) groups is 1. The molecule has 6 nitrogen and oxygen atoms in total. The van der Waals surface area contributed by atoms with Crippen molar-refractivity contribution < 1.29 is 14.3 Å². The molecule has 1 aromatic heterocycles. The van der Waals surface area contributed by atoms with Crippen molar-refractivity contribution in [3.8, 4) is 11.8 Å². The maximum Gasteiger partial charge on any atom is 0.316 e. The zero-order chi connectivity index (χ0) is 17.6. The standard InChI is InChI=1S/C18H20BrN3O3/c1-24-15-6-4-13(5-7-15)9-17(23)22-8-2-3-16(12-22)25-18-20-10-14(19)11-21-18/h4-7,10-11,16H,2-3,8-9,12H2,1H3. The van der Waals surface area contributed by atoms with Crippen LogP contribution in [0.5, 0.6) is 11.8 Å². The third-order valence-electron chi connectivity index (χ3n) is 4.11. The number of amides is 1. The highest BCUT2D eigenvalue weighted by atomic mass is 79.9. The Labute approximate surface area is 155 Å². The van der Waals surface area contributed by atoms with E-state index in [4.69, 9.17) is 9.47 Å². The molecule has 1 amide bonds. The summed E-state index contributed by atoms with van der Waals surface area (Å²) < 4.78 is 11.8. The molecule has 1 aromatic carbocycles. The summed E-state index contributed by atoms with van der Waals surface area (Å²) in [5.74, 6) is 0.896. The zero-order valence-corrected chi connectivity index (χ0v) is 15.6. The molecule has 25 heavy (non-hydrogen) atoms. The average Bonchev–Trinajstić information content (AvgIpc) is 2.64. The van der Waals surface area contributed by atoms with Gasteiger partial charge in [-0.15, -0.1) is 0 Å². The number of rotatable bonds is 5. The van der Waals surface area contributed by atoms with Gasteiger partial charge in [0.15, 0.2) is 0 Å². The van der Waals surface area contributed by atoms with Gasteiger partial charge in [0.05, 0.1) is 24.5 Å². The maximum absolute atomic E-state index is 12.6. The third kappa shape index (κ3) is 4.92. The highest BCUT2D eigenvalue weighted by molar-refractivity contribution is 9.10. The molecule has 7 heteroatoms. The Morgan fingerprint density at radius 1 is 1.28 bits per heavy atom. The normalized spacial score (nSPS) is 17.2. The van der Waals surface area contributed by atoms with Gasteiger partial charge in [-0.25, -0.2) is 9.97 Å². The average molecular weight is 406 g/mol. The SMILES string of the molecule is COc1ccc(CC(=O)N2CCCC(Oc3ncc(Br)cn3)C2)cc1. The van der Waals surface area contributed by atoms with E-state index in [1.807, 2.05) is 29.2 Å². The molecular formula is C18H20BrN3O3. The van der Waals surface area contributed by atoms with E-state index >= 15 is 0 Å². The van der Waals surface area contributed by atoms with E-state index in [2.05, 4.69) is 25.9 Å². The molecule has 1 fully saturated rings. The summed E-state index contributed by atoms with van der Waals surface area (Å²) in [6.45, 7) is 1.32. The summed E-state index contributed by atoms with van der Waals surface area (Å²) in [6.07, 6.45) is 5.41. The fourth-order valence-electron chi connectivity index (χ4n) is 2.80. The second-order valence-corrected chi connectivity index (χ2v) is 6.85. The Bertz CT molecular complexity index is 707. The minimum absolute atomic E-state index is 0.0743. The van der Waals surface area contributed by atoms with Crippen LogP contribution in [0.25, 0.3) is 0 Å². The summed E-state index contributed by atoms with van der Waals surface area (Å²) in [5, 5.41) is 0. The van der Waals surface area contributed by atoms with Gasteiger partial charge < -0.3 is 14.4 Å². The maximum atomic E-state index is 12.6. The number of methoxy groups -OCH3 is 1. The minimum Gasteiger partial charge on any atom is -0.497 e. The molecule has 0 spiro atoms. The molecule has 1 aliphatic rings. The third-order valence-corrected chi connectivity index (χ3v) is 4.52. The van der Waals surface area contributed by atoms with E-state index in [1.54, 1.807) is 19.5 Å². The van der Waals surface area contributed by atoms with E-state index in [0.717, 1.165) is 35.2 Å². The Morgan fingerprint density at radius 3 is 2.68 bits per heavy atom. The van der Waals surface area contributed by atoms with Gasteiger partial charge in [-0.05, 0) is 46.5 Å². The molecular weight excluding hydrogens is 386 g/mol. The highest BCUT2D eigenvalue weighted by Crippen LogP contribution is 2.18. The molecule has 3 rings (SSSR count). The van der Waals surface area contributed by atoms with Gasteiger partial charge >= 0.3 is 6.01 Å². The lowest BCUT2D eigenvalue weighted by atomic mass is 10.1. The van der Waals surface area contributed by atoms with Crippen LogP contribution >= 0.6 is 15.9 Å². The molecule has 2 heterocycles. The number of halogens is 1. The van der Waals surface area contributed by atoms with Crippen molar-refractivity contribution in [3.63, 3.8) is 0 Å². The van der Waals surface area contributed by atoms with Crippen molar-refractivity contribution in [2.45, 2.75) is 25.4 Å². The van der Waals surface area contributed by atoms with Crippen molar-refractivity contribution in [3.05, 3.63) is 46.7 Å². The summed E-state index contributed by atoms with van der Waals surface area (Å²) >= 11 is 3.30. The lowest BCUT2D eigenvalue weighted by Crippen LogP contribution is -2.45. The number of hydrogen-bond acceptors (Lipinski definition) is 5. The Kier molecular flexibility index (Phi) is 5.86. The van der Waals surface area contributed by atoms with Gasteiger partial charge in [-0.3, -0.25) is 4.79 Å². The van der Waals surface area contributed by atoms with Crippen LogP contribution < -0.4 is 9.47 Å². The predicted octanol–water partition coefficient (Wildman–Crippen LogP) is 2.86. The van der Waals surface area contributed by atoms with Gasteiger partial charge in [-0.2, -0.15) is 0 Å². The summed E-state index contributed by atoms with van der Waals surface area (Å²) in [7, 11) is 1.63. The number of benzene rings is 1. The van der Waals surface area contributed by atoms with Crippen LogP contribution in [0.4, 0.5) is 0 Å². The topological polar surface area (TPSA) is 64.5 Å². The quantitative estimate of drug-likeness (QED) is 0.764. The summed E-state index contributed by atoms with van der Waals surface area (Å²) in [4.78, 5) is 22.7. The molecule has 0 N–H and O–H groups in total. The number of nitrogens with zero attached hydrogens (tertiary/aromatic N) is 3. The number of ether oxygens (including phenoxy) is 2. The number of likely N-dealkylation sites (tertiary alicyclic amines) is 1. The van der Waals surface area contributed by atoms with Crippen molar-refractivity contribution >= 4 is 21.8 Å². The monoisotopic (exact) mass is 405 g/mol. The van der Waals surface area contributed by atoms with Crippen LogP contribution in [0, 0.1) is 0 Å².